The Hall–Kier alpha value is -3.26. The first kappa shape index (κ1) is 21.0. The minimum absolute atomic E-state index is 0.0597. The number of hydrogen-bond acceptors (Lipinski definition) is 7. The lowest BCUT2D eigenvalue weighted by molar-refractivity contribution is 0.0516. The van der Waals surface area contributed by atoms with Crippen LogP contribution in [0.25, 0.3) is 22.9 Å². The Labute approximate surface area is 181 Å². The predicted octanol–water partition coefficient (Wildman–Crippen LogP) is 3.27. The molecule has 1 aliphatic heterocycles. The maximum atomic E-state index is 13.4. The second-order valence-electron chi connectivity index (χ2n) is 8.07. The average Bonchev–Trinajstić information content (AvgIpc) is 3.26. The lowest BCUT2D eigenvalue weighted by Crippen LogP contribution is -2.47. The second-order valence-corrected chi connectivity index (χ2v) is 8.07. The van der Waals surface area contributed by atoms with Crippen LogP contribution in [0.2, 0.25) is 0 Å². The number of carbonyl (C=O) groups excluding carboxylic acids is 1. The number of carbonyl (C=O) groups is 1. The third-order valence-corrected chi connectivity index (χ3v) is 5.51. The quantitative estimate of drug-likeness (QED) is 0.676. The highest BCUT2D eigenvalue weighted by molar-refractivity contribution is 5.99. The number of ether oxygens (including phenoxy) is 1. The van der Waals surface area contributed by atoms with E-state index in [4.69, 9.17) is 9.15 Å². The van der Waals surface area contributed by atoms with Crippen LogP contribution in [0, 0.1) is 5.92 Å². The number of nitrogens with zero attached hydrogens (tertiary/aromatic N) is 4. The van der Waals surface area contributed by atoms with Crippen molar-refractivity contribution in [1.29, 1.82) is 0 Å². The van der Waals surface area contributed by atoms with Crippen LogP contribution in [0.5, 0.6) is 5.75 Å². The molecule has 0 saturated heterocycles. The number of nitrogens with one attached hydrogen (secondary N) is 1. The summed E-state index contributed by atoms with van der Waals surface area (Å²) >= 11 is 0. The molecule has 2 atom stereocenters. The molecule has 0 unspecified atom stereocenters. The van der Waals surface area contributed by atoms with E-state index in [9.17, 15) is 4.79 Å². The molecule has 8 nitrogen and oxygen atoms in total. The van der Waals surface area contributed by atoms with E-state index in [-0.39, 0.29) is 24.0 Å². The number of benzene rings is 1. The minimum Gasteiger partial charge on any atom is -0.487 e. The van der Waals surface area contributed by atoms with E-state index in [0.717, 1.165) is 5.56 Å². The van der Waals surface area contributed by atoms with Crippen LogP contribution in [0.15, 0.2) is 47.1 Å². The lowest BCUT2D eigenvalue weighted by Gasteiger charge is -2.36. The molecule has 2 aromatic heterocycles. The third kappa shape index (κ3) is 4.16. The summed E-state index contributed by atoms with van der Waals surface area (Å²) in [6.45, 7) is 7.44. The summed E-state index contributed by atoms with van der Waals surface area (Å²) < 4.78 is 12.4. The fourth-order valence-electron chi connectivity index (χ4n) is 3.77. The van der Waals surface area contributed by atoms with E-state index < -0.39 is 0 Å². The van der Waals surface area contributed by atoms with Crippen molar-refractivity contribution in [3.8, 4) is 28.7 Å². The summed E-state index contributed by atoms with van der Waals surface area (Å²) in [5, 5.41) is 11.6. The van der Waals surface area contributed by atoms with Gasteiger partial charge in [-0.1, -0.05) is 13.0 Å². The van der Waals surface area contributed by atoms with E-state index in [1.165, 1.54) is 0 Å². The van der Waals surface area contributed by atoms with Crippen molar-refractivity contribution < 1.29 is 13.9 Å². The highest BCUT2D eigenvalue weighted by Gasteiger charge is 2.33. The normalized spacial score (nSPS) is 19.0. The van der Waals surface area contributed by atoms with Crippen molar-refractivity contribution in [3.05, 3.63) is 48.3 Å². The van der Waals surface area contributed by atoms with Gasteiger partial charge in [-0.15, -0.1) is 10.2 Å². The molecule has 0 aliphatic carbocycles. The van der Waals surface area contributed by atoms with E-state index >= 15 is 0 Å². The SMILES string of the molecule is CNC[C@H]1Oc2c(cccc2-c2nnc(-c3ccncc3)o2)C(=O)N(C(C)C)C[C@@H]1C. The maximum Gasteiger partial charge on any atom is 0.257 e. The molecule has 8 heteroatoms. The predicted molar refractivity (Wildman–Crippen MR) is 117 cm³/mol. The molecule has 3 aromatic rings. The van der Waals surface area contributed by atoms with Gasteiger partial charge in [-0.2, -0.15) is 0 Å². The number of para-hydroxylation sites is 1. The summed E-state index contributed by atoms with van der Waals surface area (Å²) in [7, 11) is 1.89. The summed E-state index contributed by atoms with van der Waals surface area (Å²) in [4.78, 5) is 19.3. The van der Waals surface area contributed by atoms with Crippen molar-refractivity contribution >= 4 is 5.91 Å². The Balaban J connectivity index is 1.81. The fourth-order valence-corrected chi connectivity index (χ4v) is 3.77. The van der Waals surface area contributed by atoms with Crippen molar-refractivity contribution in [2.75, 3.05) is 20.1 Å². The summed E-state index contributed by atoms with van der Waals surface area (Å²) in [5.74, 6) is 1.25. The molecular weight excluding hydrogens is 394 g/mol. The van der Waals surface area contributed by atoms with Crippen LogP contribution < -0.4 is 10.1 Å². The van der Waals surface area contributed by atoms with Gasteiger partial charge in [0.25, 0.3) is 11.8 Å². The molecule has 1 amide bonds. The van der Waals surface area contributed by atoms with Gasteiger partial charge in [0, 0.05) is 43.0 Å². The van der Waals surface area contributed by atoms with E-state index in [0.29, 0.717) is 41.7 Å². The molecule has 1 aliphatic rings. The number of fused-ring (bicyclic) bond motifs is 1. The van der Waals surface area contributed by atoms with Crippen LogP contribution in [0.4, 0.5) is 0 Å². The van der Waals surface area contributed by atoms with Crippen molar-refractivity contribution in [2.24, 2.45) is 5.92 Å². The van der Waals surface area contributed by atoms with E-state index in [1.54, 1.807) is 30.6 Å². The second kappa shape index (κ2) is 8.85. The smallest absolute Gasteiger partial charge is 0.257 e. The molecule has 0 radical (unpaired) electrons. The van der Waals surface area contributed by atoms with Gasteiger partial charge in [0.15, 0.2) is 0 Å². The van der Waals surface area contributed by atoms with Gasteiger partial charge in [-0.3, -0.25) is 9.78 Å². The Bertz CT molecular complexity index is 1050. The summed E-state index contributed by atoms with van der Waals surface area (Å²) in [5.41, 5.74) is 1.89. The lowest BCUT2D eigenvalue weighted by atomic mass is 9.98. The Morgan fingerprint density at radius 2 is 1.84 bits per heavy atom. The van der Waals surface area contributed by atoms with Gasteiger partial charge in [-0.05, 0) is 45.2 Å². The molecule has 0 spiro atoms. The summed E-state index contributed by atoms with van der Waals surface area (Å²) in [6, 6.07) is 9.14. The Morgan fingerprint density at radius 3 is 2.55 bits per heavy atom. The zero-order valence-electron chi connectivity index (χ0n) is 18.2. The van der Waals surface area contributed by atoms with E-state index in [1.807, 2.05) is 37.9 Å². The molecule has 1 N–H and O–H groups in total. The van der Waals surface area contributed by atoms with Crippen molar-refractivity contribution in [2.45, 2.75) is 32.9 Å². The molecule has 1 aromatic carbocycles. The third-order valence-electron chi connectivity index (χ3n) is 5.51. The van der Waals surface area contributed by atoms with Gasteiger partial charge >= 0.3 is 0 Å². The standard InChI is InChI=1S/C23H27N5O3/c1-14(2)28-13-15(3)19(12-24-4)30-20-17(6-5-7-18(20)23(28)29)22-27-26-21(31-22)16-8-10-25-11-9-16/h5-11,14-15,19,24H,12-13H2,1-4H3/t15-,19+/m0/s1. The zero-order chi connectivity index (χ0) is 22.0. The molecular formula is C23H27N5O3. The Kier molecular flexibility index (Phi) is 5.99. The van der Waals surface area contributed by atoms with Crippen LogP contribution >= 0.6 is 0 Å². The number of aromatic nitrogens is 3. The van der Waals surface area contributed by atoms with Gasteiger partial charge in [-0.25, -0.2) is 0 Å². The first-order chi connectivity index (χ1) is 15.0. The minimum atomic E-state index is -0.123. The number of rotatable bonds is 5. The Morgan fingerprint density at radius 1 is 1.13 bits per heavy atom. The van der Waals surface area contributed by atoms with Crippen LogP contribution in [-0.4, -0.2) is 58.3 Å². The maximum absolute atomic E-state index is 13.4. The van der Waals surface area contributed by atoms with Gasteiger partial charge in [0.1, 0.15) is 11.9 Å². The first-order valence-electron chi connectivity index (χ1n) is 10.5. The number of pyridine rings is 1. The molecule has 0 bridgehead atoms. The van der Waals surface area contributed by atoms with Crippen LogP contribution in [0.3, 0.4) is 0 Å². The monoisotopic (exact) mass is 421 g/mol. The number of hydrogen-bond donors (Lipinski definition) is 1. The first-order valence-corrected chi connectivity index (χ1v) is 10.5. The highest BCUT2D eigenvalue weighted by Crippen LogP contribution is 2.37. The summed E-state index contributed by atoms with van der Waals surface area (Å²) in [6.07, 6.45) is 3.22. The van der Waals surface area contributed by atoms with Crippen molar-refractivity contribution in [1.82, 2.24) is 25.4 Å². The van der Waals surface area contributed by atoms with Crippen molar-refractivity contribution in [3.63, 3.8) is 0 Å². The highest BCUT2D eigenvalue weighted by atomic mass is 16.5. The topological polar surface area (TPSA) is 93.4 Å². The van der Waals surface area contributed by atoms with Crippen LogP contribution in [0.1, 0.15) is 31.1 Å². The largest absolute Gasteiger partial charge is 0.487 e. The molecule has 0 saturated carbocycles. The average molecular weight is 422 g/mol. The van der Waals surface area contributed by atoms with Gasteiger partial charge < -0.3 is 19.4 Å². The fraction of sp³-hybridized carbons (Fsp3) is 0.391. The molecule has 3 heterocycles. The molecule has 0 fully saturated rings. The molecule has 162 valence electrons. The number of amides is 1. The van der Waals surface area contributed by atoms with Crippen LogP contribution in [-0.2, 0) is 0 Å². The van der Waals surface area contributed by atoms with Gasteiger partial charge in [0.2, 0.25) is 5.89 Å². The molecule has 4 rings (SSSR count). The zero-order valence-corrected chi connectivity index (χ0v) is 18.2. The van der Waals surface area contributed by atoms with E-state index in [2.05, 4.69) is 27.4 Å². The number of likely N-dealkylation sites (N-methyl/N-ethyl adjacent to an activating group) is 1. The van der Waals surface area contributed by atoms with Gasteiger partial charge in [0.05, 0.1) is 11.1 Å². The molecule has 31 heavy (non-hydrogen) atoms.